The second-order valence-corrected chi connectivity index (χ2v) is 10.5. The number of fused-ring (bicyclic) bond motifs is 2. The zero-order valence-electron chi connectivity index (χ0n) is 16.3. The molecule has 6 heteroatoms. The van der Waals surface area contributed by atoms with E-state index in [1.165, 1.54) is 6.42 Å². The monoisotopic (exact) mass is 348 g/mol. The number of carbonyl (C=O) groups excluding carboxylic acids is 1. The van der Waals surface area contributed by atoms with Gasteiger partial charge in [-0.1, -0.05) is 34.1 Å². The van der Waals surface area contributed by atoms with E-state index in [0.717, 1.165) is 31.7 Å². The van der Waals surface area contributed by atoms with Gasteiger partial charge in [0.1, 0.15) is 6.04 Å². The zero-order valence-corrected chi connectivity index (χ0v) is 16.3. The Balaban J connectivity index is 1.52. The highest BCUT2D eigenvalue weighted by Gasteiger charge is 2.72. The molecule has 1 unspecified atom stereocenters. The first-order valence-electron chi connectivity index (χ1n) is 10.4. The number of carbonyl (C=O) groups is 1. The highest BCUT2D eigenvalue weighted by Crippen LogP contribution is 2.66. The SMILES string of the molecule is CC(C)[C@@H]1[NH2+][B-]2(O[C@@H]3C[C@@H]4C[C@@H](C4(C)C)[C@]3(C)O2)[C@@H]2CCCN2C1=O. The molecule has 3 heterocycles. The number of rotatable bonds is 1. The molecule has 2 N–H and O–H groups in total. The van der Waals surface area contributed by atoms with E-state index in [1.54, 1.807) is 0 Å². The Morgan fingerprint density at radius 1 is 1.28 bits per heavy atom. The van der Waals surface area contributed by atoms with Crippen LogP contribution in [-0.2, 0) is 14.1 Å². The molecule has 3 aliphatic heterocycles. The summed E-state index contributed by atoms with van der Waals surface area (Å²) in [6, 6.07) is -0.0684. The minimum absolute atomic E-state index is 0.0684. The van der Waals surface area contributed by atoms with Gasteiger partial charge in [0.15, 0.2) is 0 Å². The molecule has 0 radical (unpaired) electrons. The third-order valence-corrected chi connectivity index (χ3v) is 8.71. The first-order chi connectivity index (χ1) is 11.7. The third kappa shape index (κ3) is 1.89. The normalized spacial score (nSPS) is 53.1. The van der Waals surface area contributed by atoms with E-state index >= 15 is 0 Å². The van der Waals surface area contributed by atoms with Gasteiger partial charge < -0.3 is 19.4 Å². The lowest BCUT2D eigenvalue weighted by Gasteiger charge is -2.65. The van der Waals surface area contributed by atoms with E-state index in [4.69, 9.17) is 9.31 Å². The van der Waals surface area contributed by atoms with Crippen LogP contribution in [0.3, 0.4) is 0 Å². The molecule has 0 aromatic rings. The first-order valence-corrected chi connectivity index (χ1v) is 10.4. The van der Waals surface area contributed by atoms with E-state index in [1.807, 2.05) is 0 Å². The van der Waals surface area contributed by atoms with Crippen LogP contribution in [0.25, 0.3) is 0 Å². The largest absolute Gasteiger partial charge is 0.508 e. The maximum atomic E-state index is 13.0. The summed E-state index contributed by atoms with van der Waals surface area (Å²) in [6.07, 6.45) is 4.68. The average molecular weight is 348 g/mol. The highest BCUT2D eigenvalue weighted by atomic mass is 16.7. The van der Waals surface area contributed by atoms with Crippen molar-refractivity contribution in [3.05, 3.63) is 0 Å². The van der Waals surface area contributed by atoms with Crippen LogP contribution in [0.5, 0.6) is 0 Å². The second-order valence-electron chi connectivity index (χ2n) is 10.5. The van der Waals surface area contributed by atoms with E-state index in [0.29, 0.717) is 23.2 Å². The standard InChI is InChI=1S/C19H33BN2O3/c1-11(2)16-17(23)22-8-6-7-15(22)20(21-16)24-14-10-12-9-13(18(12,3)4)19(14,5)25-20/h11-16H,6-10,21H2,1-5H3/t12-,13-,14+,15-,16-,19-,20?/m0/s1. The predicted octanol–water partition coefficient (Wildman–Crippen LogP) is 1.30. The summed E-state index contributed by atoms with van der Waals surface area (Å²) in [7, 11) is 0. The molecule has 0 aromatic carbocycles. The summed E-state index contributed by atoms with van der Waals surface area (Å²) in [6.45, 7) is 10.7. The molecule has 2 bridgehead atoms. The van der Waals surface area contributed by atoms with Gasteiger partial charge in [0.05, 0.1) is 5.60 Å². The summed E-state index contributed by atoms with van der Waals surface area (Å²) >= 11 is 0. The van der Waals surface area contributed by atoms with Crippen molar-refractivity contribution < 1.29 is 19.3 Å². The first kappa shape index (κ1) is 16.6. The molecule has 7 atom stereocenters. The van der Waals surface area contributed by atoms with Crippen LogP contribution in [0.1, 0.15) is 60.3 Å². The van der Waals surface area contributed by atoms with Crippen molar-refractivity contribution in [3.63, 3.8) is 0 Å². The van der Waals surface area contributed by atoms with Gasteiger partial charge in [-0.2, -0.15) is 0 Å². The Labute approximate surface area is 151 Å². The van der Waals surface area contributed by atoms with Crippen LogP contribution in [0, 0.1) is 23.2 Å². The molecule has 3 saturated carbocycles. The smallest absolute Gasteiger partial charge is 0.492 e. The minimum atomic E-state index is -1.51. The van der Waals surface area contributed by atoms with Gasteiger partial charge in [-0.25, -0.2) is 0 Å². The Morgan fingerprint density at radius 2 is 2.04 bits per heavy atom. The van der Waals surface area contributed by atoms with Crippen LogP contribution >= 0.6 is 0 Å². The number of quaternary nitrogens is 1. The molecule has 25 heavy (non-hydrogen) atoms. The molecule has 140 valence electrons. The van der Waals surface area contributed by atoms with Crippen molar-refractivity contribution >= 4 is 12.6 Å². The molecule has 6 fully saturated rings. The topological polar surface area (TPSA) is 55.4 Å². The van der Waals surface area contributed by atoms with Gasteiger partial charge in [0, 0.05) is 24.5 Å². The van der Waals surface area contributed by atoms with Gasteiger partial charge in [-0.05, 0) is 43.4 Å². The quantitative estimate of drug-likeness (QED) is 0.727. The van der Waals surface area contributed by atoms with Crippen molar-refractivity contribution in [1.82, 2.24) is 4.90 Å². The zero-order chi connectivity index (χ0) is 17.8. The molecule has 5 nitrogen and oxygen atoms in total. The Kier molecular flexibility index (Phi) is 3.19. The number of hydrogen-bond donors (Lipinski definition) is 1. The molecular formula is C19H33BN2O3. The van der Waals surface area contributed by atoms with Crippen LogP contribution in [0.4, 0.5) is 0 Å². The maximum Gasteiger partial charge on any atom is 0.492 e. The molecule has 3 aliphatic carbocycles. The van der Waals surface area contributed by atoms with Crippen LogP contribution in [0.15, 0.2) is 0 Å². The van der Waals surface area contributed by atoms with E-state index in [-0.39, 0.29) is 23.7 Å². The molecule has 6 aliphatic rings. The molecule has 1 amide bonds. The van der Waals surface area contributed by atoms with E-state index in [2.05, 4.69) is 44.7 Å². The molecule has 6 rings (SSSR count). The number of amides is 1. The molecule has 3 saturated heterocycles. The van der Waals surface area contributed by atoms with Gasteiger partial charge in [-0.3, -0.25) is 4.79 Å². The van der Waals surface area contributed by atoms with E-state index in [9.17, 15) is 4.79 Å². The van der Waals surface area contributed by atoms with Gasteiger partial charge in [-0.15, -0.1) is 0 Å². The van der Waals surface area contributed by atoms with Crippen molar-refractivity contribution in [2.75, 3.05) is 6.54 Å². The fraction of sp³-hybridized carbons (Fsp3) is 0.947. The predicted molar refractivity (Wildman–Crippen MR) is 95.4 cm³/mol. The Morgan fingerprint density at radius 3 is 2.72 bits per heavy atom. The van der Waals surface area contributed by atoms with Crippen LogP contribution in [0.2, 0.25) is 0 Å². The lowest BCUT2D eigenvalue weighted by atomic mass is 9.43. The average Bonchev–Trinajstić information content (AvgIpc) is 3.12. The minimum Gasteiger partial charge on any atom is -0.508 e. The van der Waals surface area contributed by atoms with Crippen molar-refractivity contribution in [1.29, 1.82) is 0 Å². The van der Waals surface area contributed by atoms with Crippen LogP contribution < -0.4 is 5.23 Å². The summed E-state index contributed by atoms with van der Waals surface area (Å²) in [4.78, 5) is 15.1. The van der Waals surface area contributed by atoms with Gasteiger partial charge in [0.25, 0.3) is 5.91 Å². The lowest BCUT2D eigenvalue weighted by Crippen LogP contribution is -3.13. The van der Waals surface area contributed by atoms with Crippen LogP contribution in [-0.4, -0.2) is 47.7 Å². The highest BCUT2D eigenvalue weighted by molar-refractivity contribution is 6.61. The lowest BCUT2D eigenvalue weighted by molar-refractivity contribution is -0.600. The summed E-state index contributed by atoms with van der Waals surface area (Å²) in [5.41, 5.74) is 0.165. The fourth-order valence-electron chi connectivity index (χ4n) is 7.14. The Hall–Kier alpha value is -0.585. The van der Waals surface area contributed by atoms with Gasteiger partial charge >= 0.3 is 6.69 Å². The van der Waals surface area contributed by atoms with Crippen molar-refractivity contribution in [2.45, 2.75) is 84.0 Å². The molecular weight excluding hydrogens is 315 g/mol. The molecule has 1 spiro atoms. The summed E-state index contributed by atoms with van der Waals surface area (Å²) in [5.74, 6) is 2.05. The molecule has 0 aromatic heterocycles. The van der Waals surface area contributed by atoms with Crippen molar-refractivity contribution in [2.24, 2.45) is 23.2 Å². The van der Waals surface area contributed by atoms with Crippen molar-refractivity contribution in [3.8, 4) is 0 Å². The second kappa shape index (κ2) is 4.82. The number of hydrogen-bond acceptors (Lipinski definition) is 3. The summed E-state index contributed by atoms with van der Waals surface area (Å²) < 4.78 is 13.8. The van der Waals surface area contributed by atoms with Gasteiger partial charge in [0.2, 0.25) is 0 Å². The summed E-state index contributed by atoms with van der Waals surface area (Å²) in [5, 5.41) is 2.22. The number of nitrogens with zero attached hydrogens (tertiary/aromatic N) is 1. The number of nitrogens with two attached hydrogens (primary N) is 1. The third-order valence-electron chi connectivity index (χ3n) is 8.71. The fourth-order valence-corrected chi connectivity index (χ4v) is 7.14. The Bertz CT molecular complexity index is 622. The van der Waals surface area contributed by atoms with E-state index < -0.39 is 6.69 Å². The maximum absolute atomic E-state index is 13.0.